The fourth-order valence-electron chi connectivity index (χ4n) is 4.38. The number of benzene rings is 1. The molecule has 27 heavy (non-hydrogen) atoms. The molecule has 0 heterocycles. The van der Waals surface area contributed by atoms with Gasteiger partial charge in [-0.3, -0.25) is 9.59 Å². The van der Waals surface area contributed by atoms with Gasteiger partial charge in [-0.05, 0) is 68.1 Å². The van der Waals surface area contributed by atoms with E-state index in [1.807, 2.05) is 26.0 Å². The number of carbonyl (C=O) groups is 2. The van der Waals surface area contributed by atoms with Crippen molar-refractivity contribution in [1.29, 1.82) is 0 Å². The molecular formula is C24H36O3. The van der Waals surface area contributed by atoms with Crippen molar-refractivity contribution in [3.05, 3.63) is 29.8 Å². The molecule has 0 atom stereocenters. The zero-order valence-corrected chi connectivity index (χ0v) is 17.3. The van der Waals surface area contributed by atoms with Crippen LogP contribution in [0.15, 0.2) is 24.3 Å². The van der Waals surface area contributed by atoms with Crippen LogP contribution in [0.3, 0.4) is 0 Å². The average molecular weight is 373 g/mol. The van der Waals surface area contributed by atoms with Crippen LogP contribution in [0.2, 0.25) is 0 Å². The Kier molecular flexibility index (Phi) is 9.03. The first-order valence-electron chi connectivity index (χ1n) is 10.8. The van der Waals surface area contributed by atoms with Crippen LogP contribution in [-0.4, -0.2) is 18.7 Å². The number of methoxy groups -OCH3 is 1. The lowest BCUT2D eigenvalue weighted by Gasteiger charge is -2.30. The minimum Gasteiger partial charge on any atom is -0.497 e. The molecule has 3 heteroatoms. The Bertz CT molecular complexity index is 564. The fourth-order valence-corrected chi connectivity index (χ4v) is 4.38. The van der Waals surface area contributed by atoms with E-state index in [4.69, 9.17) is 4.74 Å². The predicted molar refractivity (Wildman–Crippen MR) is 110 cm³/mol. The molecule has 0 spiro atoms. The summed E-state index contributed by atoms with van der Waals surface area (Å²) in [4.78, 5) is 24.9. The number of carbonyl (C=O) groups excluding carboxylic acids is 2. The van der Waals surface area contributed by atoms with Gasteiger partial charge in [0.25, 0.3) is 0 Å². The van der Waals surface area contributed by atoms with E-state index >= 15 is 0 Å². The quantitative estimate of drug-likeness (QED) is 0.462. The van der Waals surface area contributed by atoms with Crippen molar-refractivity contribution >= 4 is 11.6 Å². The van der Waals surface area contributed by atoms with E-state index in [0.29, 0.717) is 24.7 Å². The lowest BCUT2D eigenvalue weighted by atomic mass is 9.74. The van der Waals surface area contributed by atoms with Crippen LogP contribution in [0, 0.1) is 17.8 Å². The standard InChI is InChI=1S/C24H36O3/c1-4-6-23(25)22(24(26)7-5-2)17-20-10-8-18(9-11-20)16-19-12-14-21(27-3)15-13-19/h12-15,18,20,22H,4-11,16-17H2,1-3H3. The number of ether oxygens (including phenoxy) is 1. The van der Waals surface area contributed by atoms with E-state index in [-0.39, 0.29) is 17.5 Å². The summed E-state index contributed by atoms with van der Waals surface area (Å²) in [6.07, 6.45) is 9.37. The molecule has 1 aliphatic rings. The third-order valence-corrected chi connectivity index (χ3v) is 5.99. The lowest BCUT2D eigenvalue weighted by molar-refractivity contribution is -0.133. The topological polar surface area (TPSA) is 43.4 Å². The molecule has 1 fully saturated rings. The largest absolute Gasteiger partial charge is 0.497 e. The third kappa shape index (κ3) is 6.79. The summed E-state index contributed by atoms with van der Waals surface area (Å²) in [5, 5.41) is 0. The highest BCUT2D eigenvalue weighted by Gasteiger charge is 2.30. The van der Waals surface area contributed by atoms with Gasteiger partial charge in [0.15, 0.2) is 0 Å². The van der Waals surface area contributed by atoms with Gasteiger partial charge in [0.2, 0.25) is 0 Å². The van der Waals surface area contributed by atoms with Crippen LogP contribution < -0.4 is 4.74 Å². The lowest BCUT2D eigenvalue weighted by Crippen LogP contribution is -2.28. The molecule has 1 saturated carbocycles. The zero-order valence-electron chi connectivity index (χ0n) is 17.3. The van der Waals surface area contributed by atoms with E-state index in [0.717, 1.165) is 44.3 Å². The van der Waals surface area contributed by atoms with Gasteiger partial charge in [0.1, 0.15) is 17.3 Å². The minimum absolute atomic E-state index is 0.177. The van der Waals surface area contributed by atoms with Gasteiger partial charge in [-0.15, -0.1) is 0 Å². The fraction of sp³-hybridized carbons (Fsp3) is 0.667. The number of Topliss-reactive ketones (excluding diaryl/α,β-unsaturated/α-hetero) is 2. The molecular weight excluding hydrogens is 336 g/mol. The van der Waals surface area contributed by atoms with E-state index in [1.165, 1.54) is 18.4 Å². The minimum atomic E-state index is -0.340. The summed E-state index contributed by atoms with van der Waals surface area (Å²) in [5.41, 5.74) is 1.37. The van der Waals surface area contributed by atoms with Crippen LogP contribution in [0.5, 0.6) is 5.75 Å². The van der Waals surface area contributed by atoms with Crippen LogP contribution >= 0.6 is 0 Å². The molecule has 3 nitrogen and oxygen atoms in total. The maximum absolute atomic E-state index is 12.5. The van der Waals surface area contributed by atoms with Crippen molar-refractivity contribution in [1.82, 2.24) is 0 Å². The molecule has 0 radical (unpaired) electrons. The van der Waals surface area contributed by atoms with Crippen molar-refractivity contribution in [2.75, 3.05) is 7.11 Å². The van der Waals surface area contributed by atoms with E-state index in [1.54, 1.807) is 7.11 Å². The summed E-state index contributed by atoms with van der Waals surface area (Å²) < 4.78 is 5.23. The van der Waals surface area contributed by atoms with Crippen molar-refractivity contribution in [3.8, 4) is 5.75 Å². The third-order valence-electron chi connectivity index (χ3n) is 5.99. The predicted octanol–water partition coefficient (Wildman–Crippen LogP) is 5.79. The number of ketones is 2. The number of hydrogen-bond donors (Lipinski definition) is 0. The normalized spacial score (nSPS) is 19.9. The second kappa shape index (κ2) is 11.3. The summed E-state index contributed by atoms with van der Waals surface area (Å²) in [6.45, 7) is 4.03. The maximum atomic E-state index is 12.5. The first kappa shape index (κ1) is 21.7. The Hall–Kier alpha value is -1.64. The van der Waals surface area contributed by atoms with Crippen LogP contribution in [-0.2, 0) is 16.0 Å². The van der Waals surface area contributed by atoms with Crippen molar-refractivity contribution in [2.24, 2.45) is 17.8 Å². The monoisotopic (exact) mass is 372 g/mol. The van der Waals surface area contributed by atoms with Gasteiger partial charge in [0.05, 0.1) is 13.0 Å². The molecule has 0 unspecified atom stereocenters. The SMILES string of the molecule is CCCC(=O)C(CC1CCC(Cc2ccc(OC)cc2)CC1)C(=O)CCC. The van der Waals surface area contributed by atoms with Gasteiger partial charge in [-0.2, -0.15) is 0 Å². The van der Waals surface area contributed by atoms with E-state index in [9.17, 15) is 9.59 Å². The summed E-state index contributed by atoms with van der Waals surface area (Å²) in [7, 11) is 1.69. The second-order valence-corrected chi connectivity index (χ2v) is 8.16. The molecule has 0 aliphatic heterocycles. The molecule has 150 valence electrons. The number of hydrogen-bond acceptors (Lipinski definition) is 3. The molecule has 2 rings (SSSR count). The van der Waals surface area contributed by atoms with Gasteiger partial charge >= 0.3 is 0 Å². The van der Waals surface area contributed by atoms with Gasteiger partial charge in [0, 0.05) is 12.8 Å². The molecule has 0 N–H and O–H groups in total. The molecule has 0 saturated heterocycles. The van der Waals surface area contributed by atoms with E-state index in [2.05, 4.69) is 12.1 Å². The van der Waals surface area contributed by atoms with Crippen molar-refractivity contribution in [2.45, 2.75) is 78.1 Å². The highest BCUT2D eigenvalue weighted by Crippen LogP contribution is 2.35. The van der Waals surface area contributed by atoms with E-state index < -0.39 is 0 Å². The summed E-state index contributed by atoms with van der Waals surface area (Å²) in [6, 6.07) is 8.38. The van der Waals surface area contributed by atoms with Crippen LogP contribution in [0.1, 0.15) is 77.2 Å². The highest BCUT2D eigenvalue weighted by atomic mass is 16.5. The number of rotatable bonds is 11. The Morgan fingerprint density at radius 2 is 1.44 bits per heavy atom. The summed E-state index contributed by atoms with van der Waals surface area (Å²) >= 11 is 0. The highest BCUT2D eigenvalue weighted by molar-refractivity contribution is 6.02. The van der Waals surface area contributed by atoms with Gasteiger partial charge < -0.3 is 4.74 Å². The molecule has 0 aromatic heterocycles. The first-order chi connectivity index (χ1) is 13.1. The first-order valence-corrected chi connectivity index (χ1v) is 10.8. The summed E-state index contributed by atoms with van der Waals surface area (Å²) in [5.74, 6) is 2.16. The molecule has 0 bridgehead atoms. The Balaban J connectivity index is 1.85. The smallest absolute Gasteiger partial charge is 0.143 e. The molecule has 1 aromatic rings. The Morgan fingerprint density at radius 3 is 1.93 bits per heavy atom. The van der Waals surface area contributed by atoms with Crippen LogP contribution in [0.4, 0.5) is 0 Å². The second-order valence-electron chi connectivity index (χ2n) is 8.16. The average Bonchev–Trinajstić information content (AvgIpc) is 2.68. The molecule has 0 amide bonds. The molecule has 1 aromatic carbocycles. The Morgan fingerprint density at radius 1 is 0.926 bits per heavy atom. The van der Waals surface area contributed by atoms with Gasteiger partial charge in [-0.1, -0.05) is 38.8 Å². The van der Waals surface area contributed by atoms with Crippen molar-refractivity contribution < 1.29 is 14.3 Å². The Labute approximate surface area is 164 Å². The van der Waals surface area contributed by atoms with Gasteiger partial charge in [-0.25, -0.2) is 0 Å². The zero-order chi connectivity index (χ0) is 19.6. The van der Waals surface area contributed by atoms with Crippen molar-refractivity contribution in [3.63, 3.8) is 0 Å². The molecule has 1 aliphatic carbocycles. The van der Waals surface area contributed by atoms with Crippen LogP contribution in [0.25, 0.3) is 0 Å². The maximum Gasteiger partial charge on any atom is 0.143 e.